The minimum absolute atomic E-state index is 0.106. The third kappa shape index (κ3) is 74.9. The van der Waals surface area contributed by atoms with Gasteiger partial charge in [0.25, 0.3) is 0 Å². The zero-order valence-electron chi connectivity index (χ0n) is 66.9. The number of unbranched alkanes of at least 4 members (excludes halogenated alkanes) is 51. The lowest BCUT2D eigenvalue weighted by Crippen LogP contribution is -2.30. The van der Waals surface area contributed by atoms with Crippen molar-refractivity contribution in [3.8, 4) is 0 Å². The lowest BCUT2D eigenvalue weighted by atomic mass is 10.00. The van der Waals surface area contributed by atoms with Crippen LogP contribution in [0.2, 0.25) is 0 Å². The zero-order valence-corrected chi connectivity index (χ0v) is 68.7. The Morgan fingerprint density at radius 2 is 0.500 bits per heavy atom. The Balaban J connectivity index is 5.24. The van der Waals surface area contributed by atoms with E-state index in [9.17, 15) is 43.2 Å². The van der Waals surface area contributed by atoms with Gasteiger partial charge in [0.05, 0.1) is 26.4 Å². The normalized spacial score (nSPS) is 14.1. The summed E-state index contributed by atoms with van der Waals surface area (Å²) >= 11 is 0. The average molecular weight is 1490 g/mol. The van der Waals surface area contributed by atoms with E-state index in [1.54, 1.807) is 0 Å². The summed E-state index contributed by atoms with van der Waals surface area (Å²) in [7, 11) is -9.92. The monoisotopic (exact) mass is 1490 g/mol. The van der Waals surface area contributed by atoms with E-state index in [2.05, 4.69) is 41.5 Å². The van der Waals surface area contributed by atoms with Gasteiger partial charge in [-0.25, -0.2) is 9.13 Å². The maximum atomic E-state index is 13.1. The third-order valence-corrected chi connectivity index (χ3v) is 21.7. The van der Waals surface area contributed by atoms with Crippen LogP contribution < -0.4 is 0 Å². The van der Waals surface area contributed by atoms with E-state index >= 15 is 0 Å². The molecule has 0 saturated heterocycles. The van der Waals surface area contributed by atoms with Crippen molar-refractivity contribution in [1.82, 2.24) is 0 Å². The fourth-order valence-electron chi connectivity index (χ4n) is 12.9. The molecule has 0 radical (unpaired) electrons. The van der Waals surface area contributed by atoms with E-state index in [4.69, 9.17) is 37.0 Å². The van der Waals surface area contributed by atoms with E-state index in [0.29, 0.717) is 25.7 Å². The smallest absolute Gasteiger partial charge is 0.462 e. The van der Waals surface area contributed by atoms with Crippen LogP contribution in [-0.4, -0.2) is 96.7 Å². The lowest BCUT2D eigenvalue weighted by molar-refractivity contribution is -0.161. The number of carbonyl (C=O) groups excluding carboxylic acids is 4. The van der Waals surface area contributed by atoms with E-state index in [-0.39, 0.29) is 25.7 Å². The molecule has 0 aliphatic rings. The van der Waals surface area contributed by atoms with Crippen molar-refractivity contribution in [3.05, 3.63) is 0 Å². The van der Waals surface area contributed by atoms with Gasteiger partial charge in [0, 0.05) is 25.7 Å². The molecule has 0 heterocycles. The van der Waals surface area contributed by atoms with Gasteiger partial charge in [-0.1, -0.05) is 388 Å². The van der Waals surface area contributed by atoms with Gasteiger partial charge < -0.3 is 33.8 Å². The first-order valence-corrected chi connectivity index (χ1v) is 46.0. The molecule has 0 spiro atoms. The Bertz CT molecular complexity index is 1960. The van der Waals surface area contributed by atoms with Crippen molar-refractivity contribution in [2.24, 2.45) is 11.8 Å². The van der Waals surface area contributed by atoms with E-state index in [1.807, 2.05) is 0 Å². The molecule has 17 nitrogen and oxygen atoms in total. The highest BCUT2D eigenvalue weighted by Crippen LogP contribution is 2.45. The van der Waals surface area contributed by atoms with Gasteiger partial charge >= 0.3 is 39.5 Å². The molecule has 0 aromatic rings. The molecule has 0 rings (SSSR count). The van der Waals surface area contributed by atoms with Crippen LogP contribution in [0.25, 0.3) is 0 Å². The van der Waals surface area contributed by atoms with Crippen molar-refractivity contribution in [2.45, 2.75) is 458 Å². The second-order valence-electron chi connectivity index (χ2n) is 30.6. The van der Waals surface area contributed by atoms with Gasteiger partial charge in [0.2, 0.25) is 0 Å². The van der Waals surface area contributed by atoms with Crippen LogP contribution in [0.4, 0.5) is 0 Å². The Kier molecular flexibility index (Phi) is 73.1. The number of hydrogen-bond donors (Lipinski definition) is 3. The largest absolute Gasteiger partial charge is 0.472 e. The van der Waals surface area contributed by atoms with Crippen molar-refractivity contribution in [3.63, 3.8) is 0 Å². The predicted octanol–water partition coefficient (Wildman–Crippen LogP) is 25.1. The standard InChI is InChI=1S/C83H162O17P2/c1-7-10-12-14-16-18-20-22-24-26-28-30-32-34-39-43-47-55-61-67-82(87)99-78(71-93-80(85)65-59-53-46-42-38-33-31-29-27-25-23-21-19-17-15-13-11-8-2)73-97-101(89,90)95-69-77(84)70-96-102(91,92)98-74-79(72-94-81(86)66-60-54-50-49-52-58-64-76(6)9-3)100-83(88)68-62-56-48-44-40-36-35-37-41-45-51-57-63-75(4)5/h75-79,84H,7-74H2,1-6H3,(H,89,90)(H,91,92)/t76?,77-,78-,79-/m1/s1. The molecule has 0 fully saturated rings. The van der Waals surface area contributed by atoms with Gasteiger partial charge in [0.1, 0.15) is 19.3 Å². The number of aliphatic hydroxyl groups excluding tert-OH is 1. The van der Waals surface area contributed by atoms with Crippen molar-refractivity contribution in [2.75, 3.05) is 39.6 Å². The van der Waals surface area contributed by atoms with Gasteiger partial charge in [-0.05, 0) is 37.5 Å². The average Bonchev–Trinajstić information content (AvgIpc) is 0.951. The van der Waals surface area contributed by atoms with E-state index < -0.39 is 97.5 Å². The van der Waals surface area contributed by atoms with Gasteiger partial charge in [-0.2, -0.15) is 0 Å². The Morgan fingerprint density at radius 3 is 0.745 bits per heavy atom. The number of aliphatic hydroxyl groups is 1. The molecule has 606 valence electrons. The fraction of sp³-hybridized carbons (Fsp3) is 0.952. The quantitative estimate of drug-likeness (QED) is 0.0222. The summed E-state index contributed by atoms with van der Waals surface area (Å²) in [4.78, 5) is 73.1. The van der Waals surface area contributed by atoms with Crippen molar-refractivity contribution >= 4 is 39.5 Å². The van der Waals surface area contributed by atoms with E-state index in [0.717, 1.165) is 108 Å². The minimum Gasteiger partial charge on any atom is -0.462 e. The number of esters is 4. The van der Waals surface area contributed by atoms with Gasteiger partial charge in [-0.15, -0.1) is 0 Å². The minimum atomic E-state index is -4.96. The number of phosphoric ester groups is 2. The summed E-state index contributed by atoms with van der Waals surface area (Å²) in [6.45, 7) is 9.62. The molecule has 0 bridgehead atoms. The molecule has 0 amide bonds. The van der Waals surface area contributed by atoms with Gasteiger partial charge in [-0.3, -0.25) is 37.3 Å². The molecule has 0 saturated carbocycles. The van der Waals surface area contributed by atoms with Crippen LogP contribution >= 0.6 is 15.6 Å². The Morgan fingerprint density at radius 1 is 0.284 bits per heavy atom. The first kappa shape index (κ1) is 100. The first-order chi connectivity index (χ1) is 49.4. The molecule has 19 heteroatoms. The predicted molar refractivity (Wildman–Crippen MR) is 418 cm³/mol. The molecule has 0 aromatic carbocycles. The number of hydrogen-bond acceptors (Lipinski definition) is 15. The lowest BCUT2D eigenvalue weighted by Gasteiger charge is -2.21. The zero-order chi connectivity index (χ0) is 74.9. The number of rotatable bonds is 82. The molecule has 102 heavy (non-hydrogen) atoms. The van der Waals surface area contributed by atoms with Crippen molar-refractivity contribution < 1.29 is 80.2 Å². The number of ether oxygens (including phenoxy) is 4. The maximum absolute atomic E-state index is 13.1. The topological polar surface area (TPSA) is 237 Å². The Labute approximate surface area is 626 Å². The maximum Gasteiger partial charge on any atom is 0.472 e. The molecule has 3 unspecified atom stereocenters. The second-order valence-corrected chi connectivity index (χ2v) is 33.5. The molecular formula is C83H162O17P2. The van der Waals surface area contributed by atoms with Crippen LogP contribution in [0, 0.1) is 11.8 Å². The molecule has 6 atom stereocenters. The SMILES string of the molecule is CCCCCCCCCCCCCCCCCCCCCC(=O)O[C@H](COC(=O)CCCCCCCCCCCCCCCCCCCC)COP(=O)(O)OC[C@@H](O)COP(=O)(O)OC[C@@H](COC(=O)CCCCCCCCC(C)CC)OC(=O)CCCCCCCCCCCCCCC(C)C. The van der Waals surface area contributed by atoms with Gasteiger partial charge in [0.15, 0.2) is 12.2 Å². The highest BCUT2D eigenvalue weighted by Gasteiger charge is 2.30. The molecular weight excluding hydrogens is 1330 g/mol. The highest BCUT2D eigenvalue weighted by molar-refractivity contribution is 7.47. The number of carbonyl (C=O) groups is 4. The summed E-state index contributed by atoms with van der Waals surface area (Å²) in [6, 6.07) is 0. The highest BCUT2D eigenvalue weighted by atomic mass is 31.2. The van der Waals surface area contributed by atoms with E-state index in [1.165, 1.54) is 250 Å². The molecule has 0 aliphatic carbocycles. The summed E-state index contributed by atoms with van der Waals surface area (Å²) in [6.07, 6.45) is 65.3. The van der Waals surface area contributed by atoms with Crippen LogP contribution in [0.1, 0.15) is 440 Å². The van der Waals surface area contributed by atoms with Crippen LogP contribution in [0.3, 0.4) is 0 Å². The van der Waals surface area contributed by atoms with Crippen LogP contribution in [0.5, 0.6) is 0 Å². The van der Waals surface area contributed by atoms with Crippen LogP contribution in [-0.2, 0) is 65.4 Å². The first-order valence-electron chi connectivity index (χ1n) is 43.0. The summed E-state index contributed by atoms with van der Waals surface area (Å²) in [5, 5.41) is 10.7. The second kappa shape index (κ2) is 74.5. The van der Waals surface area contributed by atoms with Crippen molar-refractivity contribution in [1.29, 1.82) is 0 Å². The molecule has 0 aromatic heterocycles. The Hall–Kier alpha value is -1.94. The third-order valence-electron chi connectivity index (χ3n) is 19.8. The summed E-state index contributed by atoms with van der Waals surface area (Å²) in [5.74, 6) is -0.600. The molecule has 0 aliphatic heterocycles. The summed E-state index contributed by atoms with van der Waals surface area (Å²) < 4.78 is 68.8. The number of phosphoric acid groups is 2. The fourth-order valence-corrected chi connectivity index (χ4v) is 14.4. The molecule has 3 N–H and O–H groups in total. The summed E-state index contributed by atoms with van der Waals surface area (Å²) in [5.41, 5.74) is 0. The van der Waals surface area contributed by atoms with Crippen LogP contribution in [0.15, 0.2) is 0 Å².